The second kappa shape index (κ2) is 10.9. The highest BCUT2D eigenvalue weighted by Crippen LogP contribution is 2.22. The summed E-state index contributed by atoms with van der Waals surface area (Å²) >= 11 is 0. The van der Waals surface area contributed by atoms with Gasteiger partial charge in [-0.05, 0) is 48.5 Å². The Morgan fingerprint density at radius 2 is 0.912 bits per heavy atom. The molecular formula is C29H24N2O3. The van der Waals surface area contributed by atoms with Crippen molar-refractivity contribution in [3.05, 3.63) is 131 Å². The Bertz CT molecular complexity index is 1230. The highest BCUT2D eigenvalue weighted by atomic mass is 16.5. The van der Waals surface area contributed by atoms with E-state index >= 15 is 0 Å². The molecule has 0 saturated heterocycles. The number of ether oxygens (including phenoxy) is 2. The lowest BCUT2D eigenvalue weighted by atomic mass is 10.0. The topological polar surface area (TPSA) is 60.2 Å². The molecular weight excluding hydrogens is 424 g/mol. The maximum absolute atomic E-state index is 13.2. The number of hydrogen-bond acceptors (Lipinski definition) is 5. The maximum atomic E-state index is 13.2. The molecule has 0 aliphatic carbocycles. The third-order valence-corrected chi connectivity index (χ3v) is 5.11. The van der Waals surface area contributed by atoms with E-state index in [4.69, 9.17) is 9.47 Å². The number of benzene rings is 4. The number of ketones is 1. The van der Waals surface area contributed by atoms with E-state index in [-0.39, 0.29) is 5.78 Å². The van der Waals surface area contributed by atoms with Crippen molar-refractivity contribution < 1.29 is 14.3 Å². The Kier molecular flexibility index (Phi) is 7.25. The number of hydrogen-bond donors (Lipinski definition) is 0. The largest absolute Gasteiger partial charge is 0.481 e. The maximum Gasteiger partial charge on any atom is 0.220 e. The Labute approximate surface area is 199 Å². The second-order valence-corrected chi connectivity index (χ2v) is 7.40. The van der Waals surface area contributed by atoms with Crippen LogP contribution in [0.2, 0.25) is 0 Å². The summed E-state index contributed by atoms with van der Waals surface area (Å²) in [6.45, 7) is 0. The smallest absolute Gasteiger partial charge is 0.220 e. The van der Waals surface area contributed by atoms with Crippen LogP contribution in [-0.2, 0) is 9.47 Å². The average molecular weight is 449 g/mol. The SMILES string of the molecule is COC(=Nc1cccc(C(=O)c2cccc(N=C(OC)c3ccccc3)c2)c1)c1ccccc1. The summed E-state index contributed by atoms with van der Waals surface area (Å²) in [5.41, 5.74) is 4.04. The zero-order valence-electron chi connectivity index (χ0n) is 19.0. The third kappa shape index (κ3) is 5.45. The fourth-order valence-corrected chi connectivity index (χ4v) is 3.45. The molecule has 5 nitrogen and oxygen atoms in total. The molecule has 0 aromatic heterocycles. The molecule has 4 aromatic rings. The molecule has 0 atom stereocenters. The van der Waals surface area contributed by atoms with Gasteiger partial charge in [-0.3, -0.25) is 4.79 Å². The summed E-state index contributed by atoms with van der Waals surface area (Å²) in [4.78, 5) is 22.4. The van der Waals surface area contributed by atoms with Gasteiger partial charge < -0.3 is 9.47 Å². The zero-order valence-corrected chi connectivity index (χ0v) is 19.0. The number of carbonyl (C=O) groups is 1. The summed E-state index contributed by atoms with van der Waals surface area (Å²) in [6, 6.07) is 33.6. The fourth-order valence-electron chi connectivity index (χ4n) is 3.45. The van der Waals surface area contributed by atoms with Crippen molar-refractivity contribution >= 4 is 29.0 Å². The third-order valence-electron chi connectivity index (χ3n) is 5.11. The van der Waals surface area contributed by atoms with Crippen LogP contribution in [-0.4, -0.2) is 31.8 Å². The van der Waals surface area contributed by atoms with Crippen LogP contribution < -0.4 is 0 Å². The van der Waals surface area contributed by atoms with E-state index < -0.39 is 0 Å². The molecule has 0 amide bonds. The lowest BCUT2D eigenvalue weighted by molar-refractivity contribution is 0.103. The van der Waals surface area contributed by atoms with Crippen LogP contribution in [0.25, 0.3) is 0 Å². The van der Waals surface area contributed by atoms with Crippen molar-refractivity contribution in [1.82, 2.24) is 0 Å². The molecule has 0 aliphatic heterocycles. The van der Waals surface area contributed by atoms with Gasteiger partial charge in [0, 0.05) is 22.3 Å². The first-order valence-electron chi connectivity index (χ1n) is 10.8. The summed E-state index contributed by atoms with van der Waals surface area (Å²) in [5.74, 6) is 0.843. The normalized spacial score (nSPS) is 11.7. The van der Waals surface area contributed by atoms with E-state index in [1.165, 1.54) is 0 Å². The van der Waals surface area contributed by atoms with Crippen LogP contribution in [0.3, 0.4) is 0 Å². The van der Waals surface area contributed by atoms with Crippen LogP contribution in [0.4, 0.5) is 11.4 Å². The van der Waals surface area contributed by atoms with Crippen LogP contribution in [0.15, 0.2) is 119 Å². The Balaban J connectivity index is 1.62. The van der Waals surface area contributed by atoms with Crippen molar-refractivity contribution in [3.63, 3.8) is 0 Å². The molecule has 168 valence electrons. The molecule has 0 spiro atoms. The van der Waals surface area contributed by atoms with Gasteiger partial charge in [0.05, 0.1) is 25.6 Å². The Hall–Kier alpha value is -4.51. The number of methoxy groups -OCH3 is 2. The van der Waals surface area contributed by atoms with E-state index in [9.17, 15) is 4.79 Å². The van der Waals surface area contributed by atoms with Gasteiger partial charge in [-0.1, -0.05) is 60.7 Å². The summed E-state index contributed by atoms with van der Waals surface area (Å²) < 4.78 is 10.9. The van der Waals surface area contributed by atoms with E-state index in [2.05, 4.69) is 9.98 Å². The fraction of sp³-hybridized carbons (Fsp3) is 0.0690. The molecule has 34 heavy (non-hydrogen) atoms. The van der Waals surface area contributed by atoms with Gasteiger partial charge >= 0.3 is 0 Å². The highest BCUT2D eigenvalue weighted by Gasteiger charge is 2.12. The molecule has 4 aromatic carbocycles. The van der Waals surface area contributed by atoms with E-state index in [0.29, 0.717) is 34.3 Å². The van der Waals surface area contributed by atoms with E-state index in [1.807, 2.05) is 84.9 Å². The highest BCUT2D eigenvalue weighted by molar-refractivity contribution is 6.10. The predicted molar refractivity (Wildman–Crippen MR) is 136 cm³/mol. The van der Waals surface area contributed by atoms with Gasteiger partial charge in [-0.15, -0.1) is 0 Å². The second-order valence-electron chi connectivity index (χ2n) is 7.40. The van der Waals surface area contributed by atoms with Crippen molar-refractivity contribution in [2.45, 2.75) is 0 Å². The van der Waals surface area contributed by atoms with Gasteiger partial charge in [0.25, 0.3) is 0 Å². The number of aliphatic imine (C=N–C) groups is 2. The van der Waals surface area contributed by atoms with Gasteiger partial charge in [0.2, 0.25) is 11.8 Å². The van der Waals surface area contributed by atoms with Crippen molar-refractivity contribution in [2.75, 3.05) is 14.2 Å². The average Bonchev–Trinajstić information content (AvgIpc) is 2.91. The van der Waals surface area contributed by atoms with Gasteiger partial charge in [-0.25, -0.2) is 9.98 Å². The molecule has 0 fully saturated rings. The molecule has 4 rings (SSSR count). The van der Waals surface area contributed by atoms with Crippen molar-refractivity contribution in [1.29, 1.82) is 0 Å². The molecule has 0 heterocycles. The summed E-state index contributed by atoms with van der Waals surface area (Å²) in [6.07, 6.45) is 0. The molecule has 0 unspecified atom stereocenters. The Morgan fingerprint density at radius 1 is 0.529 bits per heavy atom. The van der Waals surface area contributed by atoms with E-state index in [0.717, 1.165) is 11.1 Å². The number of nitrogens with zero attached hydrogens (tertiary/aromatic N) is 2. The minimum atomic E-state index is -0.119. The minimum Gasteiger partial charge on any atom is -0.481 e. The number of rotatable bonds is 6. The zero-order chi connectivity index (χ0) is 23.8. The van der Waals surface area contributed by atoms with Crippen LogP contribution in [0.1, 0.15) is 27.0 Å². The lowest BCUT2D eigenvalue weighted by Gasteiger charge is -2.07. The summed E-state index contributed by atoms with van der Waals surface area (Å²) in [5, 5.41) is 0. The minimum absolute atomic E-state index is 0.119. The van der Waals surface area contributed by atoms with E-state index in [1.54, 1.807) is 38.5 Å². The lowest BCUT2D eigenvalue weighted by Crippen LogP contribution is -2.04. The predicted octanol–water partition coefficient (Wildman–Crippen LogP) is 6.37. The first-order chi connectivity index (χ1) is 16.7. The van der Waals surface area contributed by atoms with Gasteiger partial charge in [0.1, 0.15) is 0 Å². The van der Waals surface area contributed by atoms with Crippen LogP contribution in [0, 0.1) is 0 Å². The first kappa shape index (κ1) is 22.7. The van der Waals surface area contributed by atoms with Crippen molar-refractivity contribution in [3.8, 4) is 0 Å². The molecule has 5 heteroatoms. The van der Waals surface area contributed by atoms with Crippen molar-refractivity contribution in [2.24, 2.45) is 9.98 Å². The number of carbonyl (C=O) groups excluding carboxylic acids is 1. The molecule has 0 aliphatic rings. The van der Waals surface area contributed by atoms with Crippen LogP contribution >= 0.6 is 0 Å². The Morgan fingerprint density at radius 3 is 1.29 bits per heavy atom. The molecule has 0 N–H and O–H groups in total. The molecule has 0 bridgehead atoms. The van der Waals surface area contributed by atoms with Gasteiger partial charge in [0.15, 0.2) is 5.78 Å². The quantitative estimate of drug-likeness (QED) is 0.196. The standard InChI is InChI=1S/C29H24N2O3/c1-33-28(21-11-5-3-6-12-21)30-25-17-9-15-23(19-25)27(32)24-16-10-18-26(20-24)31-29(34-2)22-13-7-4-8-14-22/h3-20H,1-2H3. The molecule has 0 radical (unpaired) electrons. The molecule has 0 saturated carbocycles. The van der Waals surface area contributed by atoms with Crippen LogP contribution in [0.5, 0.6) is 0 Å². The monoisotopic (exact) mass is 448 g/mol. The summed E-state index contributed by atoms with van der Waals surface area (Å²) in [7, 11) is 3.16. The first-order valence-corrected chi connectivity index (χ1v) is 10.8. The van der Waals surface area contributed by atoms with Gasteiger partial charge in [-0.2, -0.15) is 0 Å².